The van der Waals surface area contributed by atoms with Crippen LogP contribution in [0.4, 0.5) is 0 Å². The molecule has 1 aliphatic rings. The highest BCUT2D eigenvalue weighted by Gasteiger charge is 2.35. The number of ether oxygens (including phenoxy) is 2. The monoisotopic (exact) mass is 496 g/mol. The zero-order chi connectivity index (χ0) is 24.8. The first-order valence-electron chi connectivity index (χ1n) is 11.6. The van der Waals surface area contributed by atoms with E-state index < -0.39 is 0 Å². The number of hydrogen-bond donors (Lipinski definition) is 0. The largest absolute Gasteiger partial charge is 0.493 e. The zero-order valence-corrected chi connectivity index (χ0v) is 20.7. The minimum atomic E-state index is -0.179. The first kappa shape index (κ1) is 24.7. The SMILES string of the molecule is COc1ccc(CCN(Cc2ccco2)C(=O)CN(C(=O)c2cccc(Cl)c2)C2CC2)cc1OC. The van der Waals surface area contributed by atoms with Gasteiger partial charge in [-0.1, -0.05) is 23.7 Å². The standard InChI is InChI=1S/C27H29ClN2O5/c1-33-24-11-8-19(15-25(24)34-2)12-13-29(17-23-7-4-14-35-23)26(31)18-30(22-9-10-22)27(32)20-5-3-6-21(28)16-20/h3-8,11,14-16,22H,9-10,12-13,17-18H2,1-2H3. The van der Waals surface area contributed by atoms with Crippen LogP contribution in [0.25, 0.3) is 0 Å². The first-order valence-corrected chi connectivity index (χ1v) is 11.9. The number of rotatable bonds is 11. The van der Waals surface area contributed by atoms with Crippen LogP contribution in [0.2, 0.25) is 5.02 Å². The molecule has 0 aliphatic heterocycles. The molecule has 7 nitrogen and oxygen atoms in total. The van der Waals surface area contributed by atoms with Crippen LogP contribution >= 0.6 is 11.6 Å². The molecule has 0 atom stereocenters. The second-order valence-corrected chi connectivity index (χ2v) is 8.95. The quantitative estimate of drug-likeness (QED) is 0.380. The number of hydrogen-bond acceptors (Lipinski definition) is 5. The molecule has 1 fully saturated rings. The maximum absolute atomic E-state index is 13.5. The summed E-state index contributed by atoms with van der Waals surface area (Å²) in [5.74, 6) is 1.66. The van der Waals surface area contributed by atoms with E-state index >= 15 is 0 Å². The molecule has 1 saturated carbocycles. The average molecular weight is 497 g/mol. The maximum atomic E-state index is 13.5. The smallest absolute Gasteiger partial charge is 0.254 e. The van der Waals surface area contributed by atoms with Gasteiger partial charge in [0.15, 0.2) is 11.5 Å². The summed E-state index contributed by atoms with van der Waals surface area (Å²) in [6.07, 6.45) is 3.98. The molecule has 1 aliphatic carbocycles. The van der Waals surface area contributed by atoms with Gasteiger partial charge < -0.3 is 23.7 Å². The number of carbonyl (C=O) groups is 2. The van der Waals surface area contributed by atoms with E-state index in [0.717, 1.165) is 18.4 Å². The van der Waals surface area contributed by atoms with Gasteiger partial charge in [0.2, 0.25) is 5.91 Å². The lowest BCUT2D eigenvalue weighted by Crippen LogP contribution is -2.44. The van der Waals surface area contributed by atoms with Crippen molar-refractivity contribution < 1.29 is 23.5 Å². The lowest BCUT2D eigenvalue weighted by Gasteiger charge is -2.27. The number of benzene rings is 2. The second-order valence-electron chi connectivity index (χ2n) is 8.51. The van der Waals surface area contributed by atoms with E-state index in [1.807, 2.05) is 24.3 Å². The average Bonchev–Trinajstić information content (AvgIpc) is 3.59. The van der Waals surface area contributed by atoms with Crippen molar-refractivity contribution in [3.8, 4) is 11.5 Å². The van der Waals surface area contributed by atoms with Gasteiger partial charge in [0, 0.05) is 23.2 Å². The van der Waals surface area contributed by atoms with Crippen molar-refractivity contribution in [2.75, 3.05) is 27.3 Å². The Kier molecular flexibility index (Phi) is 7.98. The van der Waals surface area contributed by atoms with Crippen LogP contribution in [0.3, 0.4) is 0 Å². The third kappa shape index (κ3) is 6.36. The van der Waals surface area contributed by atoms with Gasteiger partial charge in [0.05, 0.1) is 27.0 Å². The van der Waals surface area contributed by atoms with Crippen molar-refractivity contribution in [2.45, 2.75) is 31.8 Å². The highest BCUT2D eigenvalue weighted by molar-refractivity contribution is 6.31. The van der Waals surface area contributed by atoms with Crippen LogP contribution in [0.1, 0.15) is 34.5 Å². The molecule has 3 aromatic rings. The number of furan rings is 1. The summed E-state index contributed by atoms with van der Waals surface area (Å²) in [5, 5.41) is 0.493. The highest BCUT2D eigenvalue weighted by Crippen LogP contribution is 2.30. The molecule has 0 radical (unpaired) electrons. The fourth-order valence-electron chi connectivity index (χ4n) is 3.97. The second kappa shape index (κ2) is 11.3. The maximum Gasteiger partial charge on any atom is 0.254 e. The number of halogens is 1. The number of amides is 2. The summed E-state index contributed by atoms with van der Waals surface area (Å²) < 4.78 is 16.2. The van der Waals surface area contributed by atoms with Gasteiger partial charge in [0.25, 0.3) is 5.91 Å². The molecule has 0 unspecified atom stereocenters. The fourth-order valence-corrected chi connectivity index (χ4v) is 4.16. The summed E-state index contributed by atoms with van der Waals surface area (Å²) in [6, 6.07) is 16.3. The molecule has 0 saturated heterocycles. The Morgan fingerprint density at radius 3 is 2.49 bits per heavy atom. The summed E-state index contributed by atoms with van der Waals surface area (Å²) in [7, 11) is 3.19. The Hall–Kier alpha value is -3.45. The van der Waals surface area contributed by atoms with Crippen LogP contribution in [-0.2, 0) is 17.8 Å². The van der Waals surface area contributed by atoms with Crippen LogP contribution in [0.15, 0.2) is 65.3 Å². The molecule has 0 spiro atoms. The summed E-state index contributed by atoms with van der Waals surface area (Å²) in [6.45, 7) is 0.782. The Labute approximate surface area is 210 Å². The van der Waals surface area contributed by atoms with Crippen molar-refractivity contribution in [1.29, 1.82) is 0 Å². The van der Waals surface area contributed by atoms with E-state index in [0.29, 0.717) is 47.4 Å². The predicted molar refractivity (Wildman–Crippen MR) is 133 cm³/mol. The minimum Gasteiger partial charge on any atom is -0.493 e. The van der Waals surface area contributed by atoms with Crippen LogP contribution in [0, 0.1) is 0 Å². The Morgan fingerprint density at radius 2 is 1.83 bits per heavy atom. The molecule has 2 aromatic carbocycles. The van der Waals surface area contributed by atoms with E-state index in [1.165, 1.54) is 0 Å². The minimum absolute atomic E-state index is 0.00263. The molecule has 2 amide bonds. The van der Waals surface area contributed by atoms with E-state index in [1.54, 1.807) is 60.6 Å². The molecule has 4 rings (SSSR count). The van der Waals surface area contributed by atoms with Gasteiger partial charge in [0.1, 0.15) is 12.3 Å². The molecule has 0 N–H and O–H groups in total. The molecule has 8 heteroatoms. The lowest BCUT2D eigenvalue weighted by atomic mass is 10.1. The van der Waals surface area contributed by atoms with Crippen LogP contribution in [0.5, 0.6) is 11.5 Å². The van der Waals surface area contributed by atoms with E-state index in [9.17, 15) is 9.59 Å². The van der Waals surface area contributed by atoms with E-state index in [2.05, 4.69) is 0 Å². The number of nitrogens with zero attached hydrogens (tertiary/aromatic N) is 2. The molecule has 35 heavy (non-hydrogen) atoms. The summed E-state index contributed by atoms with van der Waals surface area (Å²) in [5.41, 5.74) is 1.49. The van der Waals surface area contributed by atoms with Crippen LogP contribution < -0.4 is 9.47 Å². The van der Waals surface area contributed by atoms with Crippen molar-refractivity contribution in [3.05, 3.63) is 82.8 Å². The topological polar surface area (TPSA) is 72.2 Å². The molecule has 0 bridgehead atoms. The summed E-state index contributed by atoms with van der Waals surface area (Å²) >= 11 is 6.09. The number of carbonyl (C=O) groups excluding carboxylic acids is 2. The Bertz CT molecular complexity index is 1160. The van der Waals surface area contributed by atoms with Crippen LogP contribution in [-0.4, -0.2) is 55.0 Å². The predicted octanol–water partition coefficient (Wildman–Crippen LogP) is 4.83. The normalized spacial score (nSPS) is 12.8. The highest BCUT2D eigenvalue weighted by atomic mass is 35.5. The Balaban J connectivity index is 1.49. The first-order chi connectivity index (χ1) is 17.0. The van der Waals surface area contributed by atoms with E-state index in [4.69, 9.17) is 25.5 Å². The van der Waals surface area contributed by atoms with Gasteiger partial charge in [-0.2, -0.15) is 0 Å². The summed E-state index contributed by atoms with van der Waals surface area (Å²) in [4.78, 5) is 30.1. The molecule has 1 aromatic heterocycles. The van der Waals surface area contributed by atoms with Gasteiger partial charge in [-0.05, 0) is 67.3 Å². The fraction of sp³-hybridized carbons (Fsp3) is 0.333. The zero-order valence-electron chi connectivity index (χ0n) is 19.9. The van der Waals surface area contributed by atoms with E-state index in [-0.39, 0.29) is 24.4 Å². The van der Waals surface area contributed by atoms with Gasteiger partial charge >= 0.3 is 0 Å². The Morgan fingerprint density at radius 1 is 1.03 bits per heavy atom. The molecule has 1 heterocycles. The van der Waals surface area contributed by atoms with Crippen molar-refractivity contribution >= 4 is 23.4 Å². The molecular formula is C27H29ClN2O5. The third-order valence-electron chi connectivity index (χ3n) is 6.02. The number of methoxy groups -OCH3 is 2. The molecular weight excluding hydrogens is 468 g/mol. The third-order valence-corrected chi connectivity index (χ3v) is 6.26. The lowest BCUT2D eigenvalue weighted by molar-refractivity contribution is -0.132. The van der Waals surface area contributed by atoms with Crippen molar-refractivity contribution in [1.82, 2.24) is 9.80 Å². The van der Waals surface area contributed by atoms with Gasteiger partial charge in [-0.25, -0.2) is 0 Å². The molecule has 184 valence electrons. The van der Waals surface area contributed by atoms with Gasteiger partial charge in [-0.15, -0.1) is 0 Å². The van der Waals surface area contributed by atoms with Crippen molar-refractivity contribution in [2.24, 2.45) is 0 Å². The van der Waals surface area contributed by atoms with Crippen molar-refractivity contribution in [3.63, 3.8) is 0 Å². The van der Waals surface area contributed by atoms with Gasteiger partial charge in [-0.3, -0.25) is 9.59 Å².